The Morgan fingerprint density at radius 3 is 2.54 bits per heavy atom. The highest BCUT2D eigenvalue weighted by molar-refractivity contribution is 7.11. The number of aromatic nitrogens is 1. The van der Waals surface area contributed by atoms with Gasteiger partial charge in [0, 0.05) is 5.57 Å². The summed E-state index contributed by atoms with van der Waals surface area (Å²) in [5, 5.41) is 13.1. The third kappa shape index (κ3) is 4.26. The standard InChI is InChI=1S/C16H15N3O4S/c1-9(8-11-6-4-3-5-7-11)13(20)19-18-10(2)12-14(21)17-16(23)24-15(12)22/h3-8,22H,1-2H3,(H,19,20)(H,17,21,23)/b9-8+,18-10+. The molecule has 124 valence electrons. The van der Waals surface area contributed by atoms with Gasteiger partial charge < -0.3 is 5.11 Å². The summed E-state index contributed by atoms with van der Waals surface area (Å²) in [6.45, 7) is 3.07. The molecular weight excluding hydrogens is 330 g/mol. The van der Waals surface area contributed by atoms with E-state index in [4.69, 9.17) is 0 Å². The molecule has 0 saturated heterocycles. The molecule has 1 heterocycles. The summed E-state index contributed by atoms with van der Waals surface area (Å²) in [6, 6.07) is 9.30. The summed E-state index contributed by atoms with van der Waals surface area (Å²) in [5.74, 6) is -0.446. The molecule has 1 amide bonds. The monoisotopic (exact) mass is 345 g/mol. The second-order valence-electron chi connectivity index (χ2n) is 4.90. The molecule has 7 nitrogen and oxygen atoms in total. The van der Waals surface area contributed by atoms with Gasteiger partial charge in [-0.25, -0.2) is 5.43 Å². The van der Waals surface area contributed by atoms with Crippen LogP contribution in [-0.2, 0) is 4.79 Å². The first-order valence-electron chi connectivity index (χ1n) is 6.93. The SMILES string of the molecule is C/C(=C\c1ccccc1)C(=O)N/N=C(\C)c1c(O)sc(=O)[nH]c1=O. The first-order chi connectivity index (χ1) is 11.4. The Labute approximate surface area is 141 Å². The van der Waals surface area contributed by atoms with E-state index in [9.17, 15) is 19.5 Å². The Balaban J connectivity index is 2.18. The van der Waals surface area contributed by atoms with Crippen LogP contribution < -0.4 is 15.9 Å². The molecule has 0 atom stereocenters. The number of hydrazone groups is 1. The van der Waals surface area contributed by atoms with Gasteiger partial charge in [-0.2, -0.15) is 5.10 Å². The van der Waals surface area contributed by atoms with Crippen molar-refractivity contribution in [3.05, 3.63) is 67.1 Å². The van der Waals surface area contributed by atoms with Gasteiger partial charge in [-0.15, -0.1) is 0 Å². The fraction of sp³-hybridized carbons (Fsp3) is 0.125. The Kier molecular flexibility index (Phi) is 5.43. The average Bonchev–Trinajstić information content (AvgIpc) is 2.52. The highest BCUT2D eigenvalue weighted by Gasteiger charge is 2.13. The molecule has 8 heteroatoms. The predicted molar refractivity (Wildman–Crippen MR) is 93.3 cm³/mol. The lowest BCUT2D eigenvalue weighted by molar-refractivity contribution is -0.117. The molecule has 0 bridgehead atoms. The first kappa shape index (κ1) is 17.4. The van der Waals surface area contributed by atoms with Crippen LogP contribution in [0.5, 0.6) is 5.06 Å². The Hall–Kier alpha value is -3.00. The summed E-state index contributed by atoms with van der Waals surface area (Å²) in [6.07, 6.45) is 1.69. The fourth-order valence-electron chi connectivity index (χ4n) is 1.88. The zero-order valence-electron chi connectivity index (χ0n) is 13.0. The number of hydrogen-bond donors (Lipinski definition) is 3. The van der Waals surface area contributed by atoms with E-state index >= 15 is 0 Å². The van der Waals surface area contributed by atoms with Crippen molar-refractivity contribution in [2.24, 2.45) is 5.10 Å². The van der Waals surface area contributed by atoms with Crippen molar-refractivity contribution in [2.75, 3.05) is 0 Å². The molecule has 2 aromatic rings. The van der Waals surface area contributed by atoms with Crippen LogP contribution in [0.3, 0.4) is 0 Å². The van der Waals surface area contributed by atoms with Gasteiger partial charge in [0.1, 0.15) is 5.56 Å². The van der Waals surface area contributed by atoms with E-state index in [0.717, 1.165) is 5.56 Å². The molecule has 1 aromatic carbocycles. The highest BCUT2D eigenvalue weighted by atomic mass is 32.1. The Bertz CT molecular complexity index is 926. The smallest absolute Gasteiger partial charge is 0.310 e. The summed E-state index contributed by atoms with van der Waals surface area (Å²) < 4.78 is 0. The van der Waals surface area contributed by atoms with Crippen molar-refractivity contribution in [1.82, 2.24) is 10.4 Å². The zero-order chi connectivity index (χ0) is 17.7. The summed E-state index contributed by atoms with van der Waals surface area (Å²) in [7, 11) is 0. The number of H-pyrrole nitrogens is 1. The minimum Gasteiger partial charge on any atom is -0.499 e. The van der Waals surface area contributed by atoms with Gasteiger partial charge in [0.05, 0.1) is 5.71 Å². The van der Waals surface area contributed by atoms with Gasteiger partial charge in [0.2, 0.25) is 0 Å². The number of carbonyl (C=O) groups is 1. The van der Waals surface area contributed by atoms with Crippen molar-refractivity contribution in [3.63, 3.8) is 0 Å². The zero-order valence-corrected chi connectivity index (χ0v) is 13.8. The summed E-state index contributed by atoms with van der Waals surface area (Å²) >= 11 is 0.483. The maximum absolute atomic E-state index is 12.0. The van der Waals surface area contributed by atoms with Crippen LogP contribution in [0.4, 0.5) is 0 Å². The number of aromatic hydroxyl groups is 1. The molecule has 1 aromatic heterocycles. The maximum atomic E-state index is 12.0. The van der Waals surface area contributed by atoms with E-state index in [1.165, 1.54) is 6.92 Å². The molecule has 0 fully saturated rings. The highest BCUT2D eigenvalue weighted by Crippen LogP contribution is 2.15. The number of aromatic amines is 1. The van der Waals surface area contributed by atoms with Gasteiger partial charge in [-0.3, -0.25) is 19.4 Å². The molecule has 0 aliphatic rings. The van der Waals surface area contributed by atoms with E-state index in [2.05, 4.69) is 10.5 Å². The number of benzene rings is 1. The number of rotatable bonds is 4. The molecule has 0 aliphatic carbocycles. The molecule has 24 heavy (non-hydrogen) atoms. The third-order valence-corrected chi connectivity index (χ3v) is 3.76. The molecular formula is C16H15N3O4S. The van der Waals surface area contributed by atoms with Crippen LogP contribution in [0.2, 0.25) is 0 Å². The number of carbonyl (C=O) groups excluding carboxylic acids is 1. The fourth-order valence-corrected chi connectivity index (χ4v) is 2.54. The van der Waals surface area contributed by atoms with Gasteiger partial charge in [-0.1, -0.05) is 30.3 Å². The van der Waals surface area contributed by atoms with E-state index in [1.807, 2.05) is 35.3 Å². The van der Waals surface area contributed by atoms with E-state index in [0.29, 0.717) is 16.9 Å². The van der Waals surface area contributed by atoms with Crippen molar-refractivity contribution < 1.29 is 9.90 Å². The number of nitrogens with zero attached hydrogens (tertiary/aromatic N) is 1. The lowest BCUT2D eigenvalue weighted by atomic mass is 10.1. The van der Waals surface area contributed by atoms with Crippen molar-refractivity contribution >= 4 is 29.0 Å². The lowest BCUT2D eigenvalue weighted by Crippen LogP contribution is -2.25. The molecule has 0 spiro atoms. The van der Waals surface area contributed by atoms with Gasteiger partial charge in [-0.05, 0) is 36.8 Å². The molecule has 3 N–H and O–H groups in total. The van der Waals surface area contributed by atoms with Gasteiger partial charge >= 0.3 is 4.87 Å². The number of hydrogen-bond acceptors (Lipinski definition) is 6. The second-order valence-corrected chi connectivity index (χ2v) is 5.86. The molecule has 0 saturated carbocycles. The van der Waals surface area contributed by atoms with Crippen LogP contribution in [0.1, 0.15) is 25.0 Å². The number of amides is 1. The Morgan fingerprint density at radius 1 is 1.25 bits per heavy atom. The topological polar surface area (TPSA) is 112 Å². The Morgan fingerprint density at radius 2 is 1.92 bits per heavy atom. The van der Waals surface area contributed by atoms with E-state index < -0.39 is 21.4 Å². The molecule has 0 aliphatic heterocycles. The van der Waals surface area contributed by atoms with Crippen LogP contribution in [0.25, 0.3) is 6.08 Å². The second kappa shape index (κ2) is 7.51. The minimum absolute atomic E-state index is 0.0888. The maximum Gasteiger partial charge on any atom is 0.310 e. The van der Waals surface area contributed by atoms with Gasteiger partial charge in [0.15, 0.2) is 5.06 Å². The number of nitrogens with one attached hydrogen (secondary N) is 2. The molecule has 0 radical (unpaired) electrons. The largest absolute Gasteiger partial charge is 0.499 e. The summed E-state index contributed by atoms with van der Waals surface area (Å²) in [5.41, 5.74) is 2.79. The molecule has 2 rings (SSSR count). The normalized spacial score (nSPS) is 12.1. The predicted octanol–water partition coefficient (Wildman–Crippen LogP) is 1.45. The van der Waals surface area contributed by atoms with Crippen LogP contribution >= 0.6 is 11.3 Å². The average molecular weight is 345 g/mol. The molecule has 0 unspecified atom stereocenters. The third-order valence-electron chi connectivity index (χ3n) is 3.07. The van der Waals surface area contributed by atoms with Gasteiger partial charge in [0.25, 0.3) is 11.5 Å². The van der Waals surface area contributed by atoms with Crippen molar-refractivity contribution in [1.29, 1.82) is 0 Å². The van der Waals surface area contributed by atoms with E-state index in [1.54, 1.807) is 13.0 Å². The van der Waals surface area contributed by atoms with Crippen LogP contribution in [0, 0.1) is 0 Å². The lowest BCUT2D eigenvalue weighted by Gasteiger charge is -2.04. The summed E-state index contributed by atoms with van der Waals surface area (Å²) in [4.78, 5) is 36.2. The van der Waals surface area contributed by atoms with Crippen LogP contribution in [-0.4, -0.2) is 21.7 Å². The quantitative estimate of drug-likeness (QED) is 0.442. The minimum atomic E-state index is -0.761. The van der Waals surface area contributed by atoms with E-state index in [-0.39, 0.29) is 11.3 Å². The van der Waals surface area contributed by atoms with Crippen molar-refractivity contribution in [2.45, 2.75) is 13.8 Å². The van der Waals surface area contributed by atoms with Crippen LogP contribution in [0.15, 0.2) is 50.6 Å². The first-order valence-corrected chi connectivity index (χ1v) is 7.75. The van der Waals surface area contributed by atoms with Crippen molar-refractivity contribution in [3.8, 4) is 5.06 Å².